The summed E-state index contributed by atoms with van der Waals surface area (Å²) in [6.07, 6.45) is 0.806. The van der Waals surface area contributed by atoms with Crippen LogP contribution in [0.4, 0.5) is 5.82 Å². The maximum absolute atomic E-state index is 11.7. The first-order valence-corrected chi connectivity index (χ1v) is 6.03. The Bertz CT molecular complexity index is 415. The summed E-state index contributed by atoms with van der Waals surface area (Å²) in [6, 6.07) is 0.126. The van der Waals surface area contributed by atoms with Crippen LogP contribution in [0, 0.1) is 6.92 Å². The van der Waals surface area contributed by atoms with Crippen LogP contribution < -0.4 is 5.73 Å². The number of hydrogen-bond acceptors (Lipinski definition) is 5. The van der Waals surface area contributed by atoms with Gasteiger partial charge in [0.1, 0.15) is 11.6 Å². The Kier molecular flexibility index (Phi) is 5.15. The van der Waals surface area contributed by atoms with Crippen LogP contribution in [0.5, 0.6) is 0 Å². The van der Waals surface area contributed by atoms with Crippen LogP contribution in [-0.4, -0.2) is 35.8 Å². The maximum Gasteiger partial charge on any atom is 0.360 e. The Hall–Kier alpha value is -1.56. The predicted molar refractivity (Wildman–Crippen MR) is 68.5 cm³/mol. The Morgan fingerprint density at radius 2 is 2.22 bits per heavy atom. The lowest BCUT2D eigenvalue weighted by atomic mass is 10.2. The fourth-order valence-corrected chi connectivity index (χ4v) is 1.88. The van der Waals surface area contributed by atoms with Crippen LogP contribution in [0.15, 0.2) is 0 Å². The molecule has 1 aromatic rings. The van der Waals surface area contributed by atoms with Gasteiger partial charge in [-0.2, -0.15) is 0 Å². The van der Waals surface area contributed by atoms with E-state index in [9.17, 15) is 4.79 Å². The predicted octanol–water partition coefficient (Wildman–Crippen LogP) is 1.55. The normalized spacial score (nSPS) is 12.4. The summed E-state index contributed by atoms with van der Waals surface area (Å²) >= 11 is 0. The molecule has 0 fully saturated rings. The first kappa shape index (κ1) is 14.5. The smallest absolute Gasteiger partial charge is 0.360 e. The molecule has 18 heavy (non-hydrogen) atoms. The number of aryl methyl sites for hydroxylation is 1. The quantitative estimate of drug-likeness (QED) is 0.780. The average Bonchev–Trinajstić information content (AvgIpc) is 2.62. The van der Waals surface area contributed by atoms with Crippen LogP contribution >= 0.6 is 0 Å². The van der Waals surface area contributed by atoms with Crippen molar-refractivity contribution in [1.82, 2.24) is 9.55 Å². The highest BCUT2D eigenvalue weighted by Crippen LogP contribution is 2.22. The summed E-state index contributed by atoms with van der Waals surface area (Å²) in [7, 11) is 1.65. The van der Waals surface area contributed by atoms with Gasteiger partial charge in [0.2, 0.25) is 0 Å². The van der Waals surface area contributed by atoms with Crippen molar-refractivity contribution < 1.29 is 14.3 Å². The van der Waals surface area contributed by atoms with Gasteiger partial charge in [-0.3, -0.25) is 0 Å². The zero-order valence-electron chi connectivity index (χ0n) is 11.4. The summed E-state index contributed by atoms with van der Waals surface area (Å²) in [5, 5.41) is 0. The van der Waals surface area contributed by atoms with Gasteiger partial charge in [-0.15, -0.1) is 0 Å². The Morgan fingerprint density at radius 1 is 1.56 bits per heavy atom. The van der Waals surface area contributed by atoms with E-state index in [1.165, 1.54) is 0 Å². The molecule has 0 saturated heterocycles. The first-order chi connectivity index (χ1) is 8.52. The Morgan fingerprint density at radius 3 is 2.78 bits per heavy atom. The van der Waals surface area contributed by atoms with Crippen molar-refractivity contribution in [1.29, 1.82) is 0 Å². The second kappa shape index (κ2) is 6.39. The molecule has 1 heterocycles. The number of hydrogen-bond donors (Lipinski definition) is 1. The molecule has 0 aliphatic carbocycles. The van der Waals surface area contributed by atoms with Crippen molar-refractivity contribution in [3.05, 3.63) is 11.5 Å². The van der Waals surface area contributed by atoms with Gasteiger partial charge in [0.15, 0.2) is 5.69 Å². The summed E-state index contributed by atoms with van der Waals surface area (Å²) in [5.41, 5.74) is 6.16. The van der Waals surface area contributed by atoms with Crippen molar-refractivity contribution in [2.24, 2.45) is 0 Å². The van der Waals surface area contributed by atoms with Gasteiger partial charge in [0, 0.05) is 19.8 Å². The largest absolute Gasteiger partial charge is 0.461 e. The van der Waals surface area contributed by atoms with E-state index in [0.29, 0.717) is 24.9 Å². The number of ether oxygens (including phenoxy) is 2. The molecule has 6 heteroatoms. The number of rotatable bonds is 6. The van der Waals surface area contributed by atoms with E-state index < -0.39 is 5.97 Å². The van der Waals surface area contributed by atoms with Gasteiger partial charge in [-0.05, 0) is 27.2 Å². The van der Waals surface area contributed by atoms with Crippen molar-refractivity contribution in [2.75, 3.05) is 26.1 Å². The number of nitrogen functional groups attached to an aromatic ring is 1. The van der Waals surface area contributed by atoms with E-state index in [1.54, 1.807) is 14.0 Å². The number of nitrogens with two attached hydrogens (primary N) is 1. The number of carbonyl (C=O) groups excluding carboxylic acids is 1. The van der Waals surface area contributed by atoms with Crippen LogP contribution in [0.1, 0.15) is 42.6 Å². The number of anilines is 1. The summed E-state index contributed by atoms with van der Waals surface area (Å²) in [5.74, 6) is 0.588. The van der Waals surface area contributed by atoms with Gasteiger partial charge >= 0.3 is 5.97 Å². The minimum Gasteiger partial charge on any atom is -0.461 e. The SMILES string of the molecule is CCOC(=O)c1nc(C)n(C(C)CCOC)c1N. The molecule has 0 aliphatic rings. The molecule has 0 saturated carbocycles. The number of esters is 1. The molecule has 0 radical (unpaired) electrons. The molecule has 0 aromatic carbocycles. The summed E-state index contributed by atoms with van der Waals surface area (Å²) < 4.78 is 11.8. The van der Waals surface area contributed by atoms with E-state index in [0.717, 1.165) is 6.42 Å². The third-order valence-electron chi connectivity index (χ3n) is 2.77. The molecule has 0 bridgehead atoms. The fraction of sp³-hybridized carbons (Fsp3) is 0.667. The van der Waals surface area contributed by atoms with Crippen molar-refractivity contribution in [3.8, 4) is 0 Å². The molecule has 2 N–H and O–H groups in total. The lowest BCUT2D eigenvalue weighted by Gasteiger charge is -2.16. The molecule has 6 nitrogen and oxygen atoms in total. The van der Waals surface area contributed by atoms with Crippen molar-refractivity contribution in [3.63, 3.8) is 0 Å². The van der Waals surface area contributed by atoms with Crippen LogP contribution in [0.2, 0.25) is 0 Å². The minimum atomic E-state index is -0.476. The number of nitrogens with zero attached hydrogens (tertiary/aromatic N) is 2. The lowest BCUT2D eigenvalue weighted by molar-refractivity contribution is 0.0521. The molecular weight excluding hydrogens is 234 g/mol. The number of aromatic nitrogens is 2. The number of methoxy groups -OCH3 is 1. The second-order valence-electron chi connectivity index (χ2n) is 4.11. The Labute approximate surface area is 107 Å². The molecule has 1 atom stereocenters. The molecule has 0 spiro atoms. The van der Waals surface area contributed by atoms with Crippen LogP contribution in [0.25, 0.3) is 0 Å². The van der Waals surface area contributed by atoms with Gasteiger partial charge in [-0.25, -0.2) is 9.78 Å². The molecule has 102 valence electrons. The first-order valence-electron chi connectivity index (χ1n) is 6.03. The zero-order chi connectivity index (χ0) is 13.7. The van der Waals surface area contributed by atoms with Crippen LogP contribution in [0.3, 0.4) is 0 Å². The highest BCUT2D eigenvalue weighted by atomic mass is 16.5. The minimum absolute atomic E-state index is 0.126. The maximum atomic E-state index is 11.7. The molecular formula is C12H21N3O3. The van der Waals surface area contributed by atoms with Gasteiger partial charge in [-0.1, -0.05) is 0 Å². The molecule has 0 amide bonds. The summed E-state index contributed by atoms with van der Waals surface area (Å²) in [4.78, 5) is 15.8. The standard InChI is InChI=1S/C12H21N3O3/c1-5-18-12(16)10-11(13)15(9(3)14-10)8(2)6-7-17-4/h8H,5-7,13H2,1-4H3. The van der Waals surface area contributed by atoms with E-state index in [-0.39, 0.29) is 11.7 Å². The van der Waals surface area contributed by atoms with Gasteiger partial charge < -0.3 is 19.8 Å². The molecule has 1 unspecified atom stereocenters. The molecule has 1 rings (SSSR count). The average molecular weight is 255 g/mol. The highest BCUT2D eigenvalue weighted by molar-refractivity contribution is 5.92. The van der Waals surface area contributed by atoms with Crippen molar-refractivity contribution in [2.45, 2.75) is 33.2 Å². The topological polar surface area (TPSA) is 79.4 Å². The van der Waals surface area contributed by atoms with E-state index in [2.05, 4.69) is 4.98 Å². The van der Waals surface area contributed by atoms with E-state index in [4.69, 9.17) is 15.2 Å². The number of carbonyl (C=O) groups is 1. The summed E-state index contributed by atoms with van der Waals surface area (Å²) in [6.45, 7) is 6.52. The van der Waals surface area contributed by atoms with E-state index >= 15 is 0 Å². The third kappa shape index (κ3) is 3.01. The van der Waals surface area contributed by atoms with Gasteiger partial charge in [0.25, 0.3) is 0 Å². The van der Waals surface area contributed by atoms with Crippen molar-refractivity contribution >= 4 is 11.8 Å². The monoisotopic (exact) mass is 255 g/mol. The second-order valence-corrected chi connectivity index (χ2v) is 4.11. The number of imidazole rings is 1. The fourth-order valence-electron chi connectivity index (χ4n) is 1.88. The van der Waals surface area contributed by atoms with Crippen LogP contribution in [-0.2, 0) is 9.47 Å². The highest BCUT2D eigenvalue weighted by Gasteiger charge is 2.22. The van der Waals surface area contributed by atoms with Gasteiger partial charge in [0.05, 0.1) is 6.61 Å². The lowest BCUT2D eigenvalue weighted by Crippen LogP contribution is -2.14. The Balaban J connectivity index is 2.96. The molecule has 1 aromatic heterocycles. The molecule has 0 aliphatic heterocycles. The zero-order valence-corrected chi connectivity index (χ0v) is 11.4. The third-order valence-corrected chi connectivity index (χ3v) is 2.77. The van der Waals surface area contributed by atoms with E-state index in [1.807, 2.05) is 18.4 Å².